The zero-order valence-electron chi connectivity index (χ0n) is 42.2. The molecule has 4 aromatic carbocycles. The smallest absolute Gasteiger partial charge is 0.256 e. The number of aliphatic imine (C=N–C) groups is 1. The number of rotatable bonds is 11. The average molecular weight is 727 g/mol. The minimum Gasteiger partial charge on any atom is -0.256 e. The Morgan fingerprint density at radius 2 is 1.00 bits per heavy atom. The molecular formula is C50H44N5+. The molecule has 0 radical (unpaired) electrons. The topological polar surface area (TPSA) is 54.0 Å². The van der Waals surface area contributed by atoms with Gasteiger partial charge in [0.1, 0.15) is 11.4 Å². The third-order valence-corrected chi connectivity index (χ3v) is 9.72. The van der Waals surface area contributed by atoms with Crippen LogP contribution in [-0.2, 0) is 38.2 Å². The van der Waals surface area contributed by atoms with Gasteiger partial charge in [0.05, 0.1) is 17.0 Å². The molecule has 2 aliphatic rings. The standard InChI is InChI=1S/C50H44N5/c1-34-35(2)55-48-30-41(33-53-49(48)44-15-9-10-16-45(44)50(55)54-34)22-21-40-28-38(19-17-36-23-25-46(51-31-36)42-11-5-3-6-12-42)27-39(29-40)20-18-37-24-26-47(52-32-37)43-13-7-4-8-14-43/h3-16,23-33,50H,17-22H2,1-2H3/q+1/i17D2,18D2,19D2,20D2,21D2,22D2. The van der Waals surface area contributed by atoms with Crippen molar-refractivity contribution in [3.05, 3.63) is 191 Å². The molecule has 0 aliphatic carbocycles. The van der Waals surface area contributed by atoms with Crippen molar-refractivity contribution in [3.8, 4) is 33.8 Å². The normalized spacial score (nSPS) is 19.1. The first-order chi connectivity index (χ1) is 31.6. The molecule has 7 aromatic rings. The molecule has 3 aromatic heterocycles. The molecule has 268 valence electrons. The van der Waals surface area contributed by atoms with Crippen LogP contribution in [0.2, 0.25) is 0 Å². The lowest BCUT2D eigenvalue weighted by Crippen LogP contribution is -2.21. The number of aryl methyl sites for hydroxylation is 6. The molecule has 1 unspecified atom stereocenters. The molecule has 0 spiro atoms. The number of hydrogen-bond donors (Lipinski definition) is 0. The Bertz CT molecular complexity index is 2980. The Morgan fingerprint density at radius 1 is 0.509 bits per heavy atom. The summed E-state index contributed by atoms with van der Waals surface area (Å²) in [5.74, 6) is 0. The molecule has 0 fully saturated rings. The van der Waals surface area contributed by atoms with Crippen LogP contribution in [0.25, 0.3) is 33.8 Å². The molecule has 55 heavy (non-hydrogen) atoms. The minimum absolute atomic E-state index is 0.168. The fourth-order valence-corrected chi connectivity index (χ4v) is 6.84. The van der Waals surface area contributed by atoms with Crippen LogP contribution >= 0.6 is 0 Å². The van der Waals surface area contributed by atoms with E-state index in [2.05, 4.69) is 9.97 Å². The number of benzene rings is 4. The van der Waals surface area contributed by atoms with Crippen molar-refractivity contribution in [2.45, 2.75) is 58.3 Å². The average Bonchev–Trinajstić information content (AvgIpc) is 3.64. The van der Waals surface area contributed by atoms with Crippen LogP contribution in [0.15, 0.2) is 157 Å². The maximum absolute atomic E-state index is 9.61. The van der Waals surface area contributed by atoms with Gasteiger partial charge >= 0.3 is 0 Å². The van der Waals surface area contributed by atoms with Crippen molar-refractivity contribution in [1.82, 2.24) is 15.0 Å². The summed E-state index contributed by atoms with van der Waals surface area (Å²) >= 11 is 0. The molecule has 5 heteroatoms. The van der Waals surface area contributed by atoms with Gasteiger partial charge in [0.15, 0.2) is 0 Å². The number of pyridine rings is 3. The highest BCUT2D eigenvalue weighted by atomic mass is 15.2. The van der Waals surface area contributed by atoms with E-state index in [-0.39, 0.29) is 16.7 Å². The van der Waals surface area contributed by atoms with Gasteiger partial charge in [0.25, 0.3) is 6.17 Å². The molecule has 0 bridgehead atoms. The van der Waals surface area contributed by atoms with Gasteiger partial charge in [-0.3, -0.25) is 9.97 Å². The first-order valence-electron chi connectivity index (χ1n) is 24.1. The quantitative estimate of drug-likeness (QED) is 0.125. The van der Waals surface area contributed by atoms with Gasteiger partial charge in [-0.15, -0.1) is 0 Å². The summed E-state index contributed by atoms with van der Waals surface area (Å²) in [6, 6.07) is 36.4. The summed E-state index contributed by atoms with van der Waals surface area (Å²) in [4.78, 5) is 18.4. The summed E-state index contributed by atoms with van der Waals surface area (Å²) in [6.45, 7) is 3.77. The Labute approximate surface area is 340 Å². The van der Waals surface area contributed by atoms with Crippen molar-refractivity contribution in [2.24, 2.45) is 4.99 Å². The largest absolute Gasteiger partial charge is 0.279 e. The summed E-state index contributed by atoms with van der Waals surface area (Å²) in [5.41, 5.74) is 4.70. The third-order valence-electron chi connectivity index (χ3n) is 9.72. The monoisotopic (exact) mass is 726 g/mol. The lowest BCUT2D eigenvalue weighted by Gasteiger charge is -2.21. The lowest BCUT2D eigenvalue weighted by molar-refractivity contribution is -0.485. The highest BCUT2D eigenvalue weighted by molar-refractivity contribution is 6.39. The van der Waals surface area contributed by atoms with Crippen LogP contribution in [0.3, 0.4) is 0 Å². The Hall–Kier alpha value is -6.33. The zero-order valence-corrected chi connectivity index (χ0v) is 30.2. The fraction of sp³-hybridized carbons (Fsp3) is 0.180. The molecule has 5 nitrogen and oxygen atoms in total. The van der Waals surface area contributed by atoms with Gasteiger partial charge in [0, 0.05) is 64.7 Å². The van der Waals surface area contributed by atoms with E-state index in [4.69, 9.17) is 9.98 Å². The lowest BCUT2D eigenvalue weighted by atomic mass is 9.93. The van der Waals surface area contributed by atoms with Crippen molar-refractivity contribution < 1.29 is 21.0 Å². The second-order valence-electron chi connectivity index (χ2n) is 13.4. The number of fused-ring (bicyclic) bond motifs is 6. The predicted octanol–water partition coefficient (Wildman–Crippen LogP) is 10.8. The highest BCUT2D eigenvalue weighted by Crippen LogP contribution is 2.45. The number of aromatic nitrogens is 3. The Kier molecular flexibility index (Phi) is 6.48. The molecule has 0 saturated carbocycles. The fourth-order valence-electron chi connectivity index (χ4n) is 6.84. The van der Waals surface area contributed by atoms with Crippen LogP contribution in [0.5, 0.6) is 0 Å². The van der Waals surface area contributed by atoms with Gasteiger partial charge in [-0.05, 0) is 96.7 Å². The maximum Gasteiger partial charge on any atom is 0.279 e. The summed E-state index contributed by atoms with van der Waals surface area (Å²) < 4.78 is 115. The van der Waals surface area contributed by atoms with Crippen molar-refractivity contribution in [2.75, 3.05) is 0 Å². The van der Waals surface area contributed by atoms with Crippen LogP contribution in [0.4, 0.5) is 5.69 Å². The van der Waals surface area contributed by atoms with Crippen LogP contribution in [0, 0.1) is 0 Å². The molecule has 2 aliphatic heterocycles. The zero-order chi connectivity index (χ0) is 47.9. The molecular weight excluding hydrogens is 671 g/mol. The predicted molar refractivity (Wildman–Crippen MR) is 224 cm³/mol. The van der Waals surface area contributed by atoms with Gasteiger partial charge in [-0.2, -0.15) is 4.58 Å². The molecule has 5 heterocycles. The van der Waals surface area contributed by atoms with Gasteiger partial charge in [-0.25, -0.2) is 9.98 Å². The summed E-state index contributed by atoms with van der Waals surface area (Å²) in [6.07, 6.45) is -14.7. The number of nitrogens with zero attached hydrogens (tertiary/aromatic N) is 5. The van der Waals surface area contributed by atoms with E-state index in [1.165, 1.54) is 36.8 Å². The van der Waals surface area contributed by atoms with E-state index in [1.54, 1.807) is 12.1 Å². The second kappa shape index (κ2) is 15.2. The van der Waals surface area contributed by atoms with E-state index in [1.807, 2.05) is 103 Å². The Morgan fingerprint density at radius 3 is 1.55 bits per heavy atom. The summed E-state index contributed by atoms with van der Waals surface area (Å²) in [7, 11) is 0. The van der Waals surface area contributed by atoms with Gasteiger partial charge in [0.2, 0.25) is 11.4 Å². The van der Waals surface area contributed by atoms with E-state index in [9.17, 15) is 16.4 Å². The Balaban J connectivity index is 1.17. The number of hydrogen-bond acceptors (Lipinski definition) is 4. The van der Waals surface area contributed by atoms with E-state index < -0.39 is 61.1 Å². The van der Waals surface area contributed by atoms with Gasteiger partial charge in [-0.1, -0.05) is 109 Å². The molecule has 9 rings (SSSR count). The first kappa shape index (κ1) is 23.5. The molecule has 0 N–H and O–H groups in total. The van der Waals surface area contributed by atoms with Crippen LogP contribution < -0.4 is 0 Å². The minimum atomic E-state index is -3.10. The summed E-state index contributed by atoms with van der Waals surface area (Å²) in [5, 5.41) is 0. The maximum atomic E-state index is 9.61. The van der Waals surface area contributed by atoms with Gasteiger partial charge < -0.3 is 0 Å². The molecule has 0 saturated heterocycles. The second-order valence-corrected chi connectivity index (χ2v) is 13.4. The van der Waals surface area contributed by atoms with E-state index >= 15 is 0 Å². The first-order valence-corrected chi connectivity index (χ1v) is 18.1. The van der Waals surface area contributed by atoms with Crippen molar-refractivity contribution in [1.29, 1.82) is 0 Å². The van der Waals surface area contributed by atoms with Crippen LogP contribution in [-0.4, -0.2) is 31.0 Å². The van der Waals surface area contributed by atoms with Crippen LogP contribution in [0.1, 0.15) is 75.4 Å². The third kappa shape index (κ3) is 7.30. The molecule has 0 amide bonds. The van der Waals surface area contributed by atoms with E-state index in [0.29, 0.717) is 22.8 Å². The SMILES string of the molecule is [2H]C([2H])(c1ccc(-c2ccccc2)nc1)C([2H])([2H])c1cc(C([2H])([2H])C([2H])([2H])c2ccc(-c3ccccc3)nc2)cc(C([2H])([2H])C([2H])([2H])c2cnc3c(c2)[N+]2=C(C)C(C)=NC2c2ccccc2-3)c1. The molecule has 1 atom stereocenters. The van der Waals surface area contributed by atoms with E-state index in [0.717, 1.165) is 51.9 Å². The highest BCUT2D eigenvalue weighted by Gasteiger charge is 2.42. The van der Waals surface area contributed by atoms with Crippen molar-refractivity contribution in [3.63, 3.8) is 0 Å². The van der Waals surface area contributed by atoms with Crippen molar-refractivity contribution >= 4 is 17.1 Å².